The average Bonchev–Trinajstić information content (AvgIpc) is 2.83. The van der Waals surface area contributed by atoms with Crippen LogP contribution >= 0.6 is 24.4 Å². The molecule has 0 amide bonds. The predicted octanol–water partition coefficient (Wildman–Crippen LogP) is 2.57. The lowest BCUT2D eigenvalue weighted by atomic mass is 10.2. The number of rotatable bonds is 10. The van der Waals surface area contributed by atoms with Gasteiger partial charge in [0.05, 0.1) is 23.8 Å². The van der Waals surface area contributed by atoms with Crippen LogP contribution in [0.4, 0.5) is 0 Å². The van der Waals surface area contributed by atoms with Crippen LogP contribution in [-0.4, -0.2) is 27.6 Å². The third kappa shape index (κ3) is 8.81. The van der Waals surface area contributed by atoms with Gasteiger partial charge in [0.15, 0.2) is 10.2 Å². The van der Waals surface area contributed by atoms with E-state index in [0.717, 1.165) is 34.0 Å². The first-order valence-corrected chi connectivity index (χ1v) is 10.9. The highest BCUT2D eigenvalue weighted by atomic mass is 32.1. The number of hydrazone groups is 2. The van der Waals surface area contributed by atoms with Crippen molar-refractivity contribution in [2.45, 2.75) is 13.2 Å². The lowest BCUT2D eigenvalue weighted by Gasteiger charge is -2.09. The van der Waals surface area contributed by atoms with Crippen LogP contribution in [0.5, 0.6) is 11.5 Å². The van der Waals surface area contributed by atoms with Gasteiger partial charge in [-0.15, -0.1) is 0 Å². The topological polar surface area (TPSA) is 132 Å². The summed E-state index contributed by atoms with van der Waals surface area (Å²) in [7, 11) is 0. The van der Waals surface area contributed by atoms with Gasteiger partial charge >= 0.3 is 0 Å². The Hall–Kier alpha value is -4.09. The Bertz CT molecular complexity index is 1080. The Balaban J connectivity index is 1.48. The van der Waals surface area contributed by atoms with Gasteiger partial charge in [-0.05, 0) is 96.2 Å². The fourth-order valence-corrected chi connectivity index (χ4v) is 2.75. The van der Waals surface area contributed by atoms with Crippen LogP contribution in [0.3, 0.4) is 0 Å². The second kappa shape index (κ2) is 12.8. The van der Waals surface area contributed by atoms with E-state index in [-0.39, 0.29) is 10.2 Å². The van der Waals surface area contributed by atoms with E-state index in [1.165, 1.54) is 0 Å². The van der Waals surface area contributed by atoms with Gasteiger partial charge in [0.1, 0.15) is 24.7 Å². The van der Waals surface area contributed by atoms with E-state index >= 15 is 0 Å². The minimum absolute atomic E-state index is 0.113. The van der Waals surface area contributed by atoms with Crippen LogP contribution in [0.25, 0.3) is 0 Å². The zero-order chi connectivity index (χ0) is 24.2. The van der Waals surface area contributed by atoms with Gasteiger partial charge in [0.2, 0.25) is 0 Å². The van der Waals surface area contributed by atoms with E-state index in [0.29, 0.717) is 13.2 Å². The van der Waals surface area contributed by atoms with Crippen molar-refractivity contribution in [3.63, 3.8) is 0 Å². The van der Waals surface area contributed by atoms with Crippen molar-refractivity contribution in [3.8, 4) is 11.5 Å². The molecule has 0 saturated heterocycles. The molecule has 2 aromatic carbocycles. The standard InChI is InChI=1S/C23H23N7O2S2/c24-22(33)29-26-12-16-4-8-20(9-5-16)31-14-18-2-1-3-19(28-18)15-32-21-10-6-17(7-11-21)13-27-30-23(25)34/h1-13H,14-15H2,(H3,24,29,33)(H3,25,30,34)/b26-12-,27-13+. The van der Waals surface area contributed by atoms with Crippen molar-refractivity contribution in [3.05, 3.63) is 89.2 Å². The van der Waals surface area contributed by atoms with Crippen LogP contribution in [0, 0.1) is 0 Å². The molecule has 0 spiro atoms. The summed E-state index contributed by atoms with van der Waals surface area (Å²) >= 11 is 9.39. The normalized spacial score (nSPS) is 10.8. The molecule has 0 aliphatic heterocycles. The first-order valence-electron chi connectivity index (χ1n) is 10.1. The van der Waals surface area contributed by atoms with Crippen molar-refractivity contribution in [1.29, 1.82) is 0 Å². The molecule has 0 bridgehead atoms. The quantitative estimate of drug-likeness (QED) is 0.191. The molecule has 1 aromatic heterocycles. The van der Waals surface area contributed by atoms with Crippen LogP contribution in [0.15, 0.2) is 76.9 Å². The monoisotopic (exact) mass is 493 g/mol. The van der Waals surface area contributed by atoms with Gasteiger partial charge in [-0.25, -0.2) is 0 Å². The van der Waals surface area contributed by atoms with E-state index in [9.17, 15) is 0 Å². The van der Waals surface area contributed by atoms with Gasteiger partial charge in [-0.2, -0.15) is 10.2 Å². The fraction of sp³-hybridized carbons (Fsp3) is 0.0870. The molecule has 9 nitrogen and oxygen atoms in total. The molecular formula is C23H23N7O2S2. The summed E-state index contributed by atoms with van der Waals surface area (Å²) in [6, 6.07) is 20.6. The number of hydrogen-bond donors (Lipinski definition) is 4. The third-order valence-electron chi connectivity index (χ3n) is 4.17. The zero-order valence-corrected chi connectivity index (χ0v) is 19.7. The zero-order valence-electron chi connectivity index (χ0n) is 18.0. The molecule has 0 unspecified atom stereocenters. The van der Waals surface area contributed by atoms with Gasteiger partial charge in [-0.3, -0.25) is 15.8 Å². The maximum Gasteiger partial charge on any atom is 0.184 e. The number of nitrogens with two attached hydrogens (primary N) is 2. The Kier molecular flexibility index (Phi) is 9.26. The van der Waals surface area contributed by atoms with E-state index in [4.69, 9.17) is 45.4 Å². The highest BCUT2D eigenvalue weighted by molar-refractivity contribution is 7.80. The summed E-state index contributed by atoms with van der Waals surface area (Å²) in [5.74, 6) is 1.44. The van der Waals surface area contributed by atoms with Crippen LogP contribution in [-0.2, 0) is 13.2 Å². The number of aromatic nitrogens is 1. The van der Waals surface area contributed by atoms with Crippen LogP contribution in [0.1, 0.15) is 22.5 Å². The highest BCUT2D eigenvalue weighted by Crippen LogP contribution is 2.15. The molecule has 0 fully saturated rings. The first-order chi connectivity index (χ1) is 16.5. The largest absolute Gasteiger partial charge is 0.487 e. The first kappa shape index (κ1) is 24.6. The molecule has 6 N–H and O–H groups in total. The molecule has 0 atom stereocenters. The summed E-state index contributed by atoms with van der Waals surface area (Å²) in [4.78, 5) is 4.60. The minimum Gasteiger partial charge on any atom is -0.487 e. The number of thiocarbonyl (C=S) groups is 2. The maximum absolute atomic E-state index is 5.83. The molecule has 0 aliphatic carbocycles. The Morgan fingerprint density at radius 3 is 1.53 bits per heavy atom. The summed E-state index contributed by atoms with van der Waals surface area (Å²) in [6.07, 6.45) is 3.23. The number of hydrogen-bond acceptors (Lipinski definition) is 7. The molecule has 34 heavy (non-hydrogen) atoms. The Morgan fingerprint density at radius 1 is 0.735 bits per heavy atom. The van der Waals surface area contributed by atoms with Crippen molar-refractivity contribution in [2.75, 3.05) is 0 Å². The highest BCUT2D eigenvalue weighted by Gasteiger charge is 2.02. The lowest BCUT2D eigenvalue weighted by molar-refractivity contribution is 0.290. The molecule has 3 aromatic rings. The SMILES string of the molecule is NC(=S)N/N=C\c1ccc(OCc2cccc(COc3ccc(/C=N/NC(N)=S)cc3)n2)cc1. The molecule has 0 saturated carbocycles. The summed E-state index contributed by atoms with van der Waals surface area (Å²) < 4.78 is 11.7. The Labute approximate surface area is 207 Å². The van der Waals surface area contributed by atoms with Gasteiger partial charge in [-0.1, -0.05) is 6.07 Å². The van der Waals surface area contributed by atoms with E-state index < -0.39 is 0 Å². The number of pyridine rings is 1. The van der Waals surface area contributed by atoms with Crippen molar-refractivity contribution >= 4 is 47.1 Å². The van der Waals surface area contributed by atoms with Gasteiger partial charge in [0.25, 0.3) is 0 Å². The molecule has 11 heteroatoms. The Morgan fingerprint density at radius 2 is 1.15 bits per heavy atom. The fourth-order valence-electron chi connectivity index (χ4n) is 2.65. The van der Waals surface area contributed by atoms with E-state index in [1.807, 2.05) is 66.7 Å². The van der Waals surface area contributed by atoms with Crippen molar-refractivity contribution in [1.82, 2.24) is 15.8 Å². The second-order valence-electron chi connectivity index (χ2n) is 6.80. The molecule has 0 radical (unpaired) electrons. The molecule has 1 heterocycles. The summed E-state index contributed by atoms with van der Waals surface area (Å²) in [5, 5.41) is 8.05. The predicted molar refractivity (Wildman–Crippen MR) is 141 cm³/mol. The van der Waals surface area contributed by atoms with Gasteiger partial charge in [0, 0.05) is 0 Å². The van der Waals surface area contributed by atoms with Crippen LogP contribution < -0.4 is 31.8 Å². The summed E-state index contributed by atoms with van der Waals surface area (Å²) in [6.45, 7) is 0.664. The number of benzene rings is 2. The molecule has 174 valence electrons. The van der Waals surface area contributed by atoms with E-state index in [2.05, 4.69) is 26.0 Å². The average molecular weight is 494 g/mol. The number of nitrogens with one attached hydrogen (secondary N) is 2. The maximum atomic E-state index is 5.83. The number of nitrogens with zero attached hydrogens (tertiary/aromatic N) is 3. The van der Waals surface area contributed by atoms with Crippen molar-refractivity contribution in [2.24, 2.45) is 21.7 Å². The minimum atomic E-state index is 0.113. The van der Waals surface area contributed by atoms with Crippen LogP contribution in [0.2, 0.25) is 0 Å². The number of ether oxygens (including phenoxy) is 2. The third-order valence-corrected chi connectivity index (χ3v) is 4.36. The smallest absolute Gasteiger partial charge is 0.184 e. The molecule has 3 rings (SSSR count). The van der Waals surface area contributed by atoms with Crippen molar-refractivity contribution < 1.29 is 9.47 Å². The lowest BCUT2D eigenvalue weighted by Crippen LogP contribution is -2.23. The second-order valence-corrected chi connectivity index (χ2v) is 7.68. The summed E-state index contributed by atoms with van der Waals surface area (Å²) in [5.41, 5.74) is 19.0. The van der Waals surface area contributed by atoms with E-state index in [1.54, 1.807) is 12.4 Å². The molecule has 0 aliphatic rings. The van der Waals surface area contributed by atoms with Gasteiger partial charge < -0.3 is 20.9 Å². The molecular weight excluding hydrogens is 470 g/mol.